The summed E-state index contributed by atoms with van der Waals surface area (Å²) in [5, 5.41) is 0. The molecule has 37 heavy (non-hydrogen) atoms. The monoisotopic (exact) mass is 488 g/mol. The van der Waals surface area contributed by atoms with Crippen molar-refractivity contribution >= 4 is 6.71 Å². The van der Waals surface area contributed by atoms with E-state index in [-0.39, 0.29) is 0 Å². The fourth-order valence-corrected chi connectivity index (χ4v) is 9.16. The Balaban J connectivity index is 1.44. The maximum absolute atomic E-state index is 2.45. The maximum atomic E-state index is 2.45. The fraction of sp³-hybridized carbons (Fsp3) is 0.500. The molecule has 0 spiro atoms. The van der Waals surface area contributed by atoms with Crippen LogP contribution < -0.4 is 0 Å². The molecule has 0 saturated heterocycles. The van der Waals surface area contributed by atoms with Gasteiger partial charge in [0.2, 0.25) is 0 Å². The fourth-order valence-electron chi connectivity index (χ4n) is 9.16. The van der Waals surface area contributed by atoms with Crippen LogP contribution in [-0.2, 0) is 0 Å². The smallest absolute Gasteiger partial charge is 0.0622 e. The van der Waals surface area contributed by atoms with Gasteiger partial charge in [-0.3, -0.25) is 0 Å². The molecular formula is C36H45B. The van der Waals surface area contributed by atoms with Crippen LogP contribution >= 0.6 is 0 Å². The Morgan fingerprint density at radius 3 is 0.919 bits per heavy atom. The molecule has 6 atom stereocenters. The van der Waals surface area contributed by atoms with E-state index in [1.165, 1.54) is 77.0 Å². The third-order valence-corrected chi connectivity index (χ3v) is 10.6. The second-order valence-electron chi connectivity index (χ2n) is 12.5. The highest BCUT2D eigenvalue weighted by atomic mass is 14.4. The van der Waals surface area contributed by atoms with Crippen molar-refractivity contribution in [2.24, 2.45) is 0 Å². The summed E-state index contributed by atoms with van der Waals surface area (Å²) in [6.45, 7) is 0.821. The molecule has 0 N–H and O–H groups in total. The van der Waals surface area contributed by atoms with E-state index in [2.05, 4.69) is 91.0 Å². The first-order valence-corrected chi connectivity index (χ1v) is 15.5. The lowest BCUT2D eigenvalue weighted by atomic mass is 9.20. The average Bonchev–Trinajstić information content (AvgIpc) is 2.99. The molecule has 0 bridgehead atoms. The van der Waals surface area contributed by atoms with Gasteiger partial charge in [-0.2, -0.15) is 0 Å². The zero-order chi connectivity index (χ0) is 24.9. The molecule has 0 nitrogen and oxygen atoms in total. The number of hydrogen-bond acceptors (Lipinski definition) is 0. The number of benzene rings is 3. The van der Waals surface area contributed by atoms with Gasteiger partial charge >= 0.3 is 0 Å². The summed E-state index contributed by atoms with van der Waals surface area (Å²) >= 11 is 0. The van der Waals surface area contributed by atoms with Crippen molar-refractivity contribution in [2.75, 3.05) is 0 Å². The van der Waals surface area contributed by atoms with Gasteiger partial charge < -0.3 is 0 Å². The summed E-state index contributed by atoms with van der Waals surface area (Å²) < 4.78 is 0. The SMILES string of the molecule is c1ccc([C@H]2CCCCC2B([C@H]2CCCC[C@@H]2c2ccccc2)[C@H]2CCCC[C@@H]2c2ccccc2)cc1. The molecule has 3 aromatic rings. The van der Waals surface area contributed by atoms with Crippen molar-refractivity contribution in [1.29, 1.82) is 0 Å². The van der Waals surface area contributed by atoms with E-state index < -0.39 is 0 Å². The van der Waals surface area contributed by atoms with E-state index in [0.29, 0.717) is 0 Å². The molecule has 6 rings (SSSR count). The molecule has 192 valence electrons. The molecule has 1 heteroatoms. The third-order valence-electron chi connectivity index (χ3n) is 10.6. The van der Waals surface area contributed by atoms with Crippen LogP contribution in [0.3, 0.4) is 0 Å². The van der Waals surface area contributed by atoms with Gasteiger partial charge in [-0.05, 0) is 53.7 Å². The van der Waals surface area contributed by atoms with Crippen LogP contribution in [0.25, 0.3) is 0 Å². The van der Waals surface area contributed by atoms with Crippen LogP contribution in [-0.4, -0.2) is 6.71 Å². The van der Waals surface area contributed by atoms with E-state index in [0.717, 1.165) is 41.9 Å². The molecular weight excluding hydrogens is 443 g/mol. The van der Waals surface area contributed by atoms with Crippen LogP contribution in [0.4, 0.5) is 0 Å². The summed E-state index contributed by atoms with van der Waals surface area (Å²) in [6, 6.07) is 35.0. The standard InChI is InChI=1S/C36H45B/c1-4-16-28(17-5-1)31-22-10-13-25-34(31)37(35-26-14-11-23-32(35)29-18-6-2-7-19-29)36-27-15-12-24-33(36)30-20-8-3-9-21-30/h1-9,16-21,31-36H,10-15,22-27H2/t31-,32-,33-,34+,35+,36?/m1/s1. The highest BCUT2D eigenvalue weighted by Gasteiger charge is 2.49. The molecule has 3 aliphatic carbocycles. The van der Waals surface area contributed by atoms with Crippen molar-refractivity contribution in [3.05, 3.63) is 108 Å². The van der Waals surface area contributed by atoms with Crippen LogP contribution in [0.15, 0.2) is 91.0 Å². The van der Waals surface area contributed by atoms with Crippen LogP contribution in [0.5, 0.6) is 0 Å². The minimum absolute atomic E-state index is 0.733. The minimum atomic E-state index is 0.733. The number of rotatable bonds is 6. The molecule has 3 aliphatic rings. The second-order valence-corrected chi connectivity index (χ2v) is 12.5. The lowest BCUT2D eigenvalue weighted by Gasteiger charge is -2.49. The van der Waals surface area contributed by atoms with Gasteiger partial charge in [0.25, 0.3) is 0 Å². The van der Waals surface area contributed by atoms with Crippen LogP contribution in [0.1, 0.15) is 111 Å². The minimum Gasteiger partial charge on any atom is -0.0622 e. The van der Waals surface area contributed by atoms with Gasteiger partial charge in [-0.1, -0.05) is 166 Å². The first kappa shape index (κ1) is 25.0. The van der Waals surface area contributed by atoms with Gasteiger partial charge in [0, 0.05) is 0 Å². The summed E-state index contributed by atoms with van der Waals surface area (Å²) in [5.74, 6) is 4.66. The van der Waals surface area contributed by atoms with Gasteiger partial charge in [0.05, 0.1) is 0 Å². The van der Waals surface area contributed by atoms with Gasteiger partial charge in [-0.15, -0.1) is 0 Å². The Labute approximate surface area is 226 Å². The lowest BCUT2D eigenvalue weighted by Crippen LogP contribution is -2.42. The Morgan fingerprint density at radius 2 is 0.622 bits per heavy atom. The molecule has 0 aliphatic heterocycles. The molecule has 3 aromatic carbocycles. The first-order chi connectivity index (χ1) is 18.4. The molecule has 3 saturated carbocycles. The largest absolute Gasteiger partial charge is 0.151 e. The predicted molar refractivity (Wildman–Crippen MR) is 160 cm³/mol. The second kappa shape index (κ2) is 12.1. The quantitative estimate of drug-likeness (QED) is 0.303. The lowest BCUT2D eigenvalue weighted by molar-refractivity contribution is 0.371. The topological polar surface area (TPSA) is 0 Å². The van der Waals surface area contributed by atoms with Crippen molar-refractivity contribution in [3.63, 3.8) is 0 Å². The van der Waals surface area contributed by atoms with Crippen LogP contribution in [0.2, 0.25) is 17.5 Å². The summed E-state index contributed by atoms with van der Waals surface area (Å²) in [7, 11) is 0. The molecule has 3 fully saturated rings. The maximum Gasteiger partial charge on any atom is 0.151 e. The van der Waals surface area contributed by atoms with Gasteiger partial charge in [-0.25, -0.2) is 0 Å². The average molecular weight is 489 g/mol. The third kappa shape index (κ3) is 5.48. The van der Waals surface area contributed by atoms with E-state index >= 15 is 0 Å². The predicted octanol–water partition coefficient (Wildman–Crippen LogP) is 10.7. The Morgan fingerprint density at radius 1 is 0.351 bits per heavy atom. The normalized spacial score (nSPS) is 30.5. The highest BCUT2D eigenvalue weighted by Crippen LogP contribution is 2.59. The molecule has 0 radical (unpaired) electrons. The van der Waals surface area contributed by atoms with E-state index in [1.54, 1.807) is 16.7 Å². The summed E-state index contributed by atoms with van der Waals surface area (Å²) in [5.41, 5.74) is 4.86. The van der Waals surface area contributed by atoms with Gasteiger partial charge in [0.15, 0.2) is 6.71 Å². The molecule has 1 unspecified atom stereocenters. The zero-order valence-corrected chi connectivity index (χ0v) is 22.7. The summed E-state index contributed by atoms with van der Waals surface area (Å²) in [4.78, 5) is 0. The number of hydrogen-bond donors (Lipinski definition) is 0. The van der Waals surface area contributed by atoms with E-state index in [4.69, 9.17) is 0 Å². The zero-order valence-electron chi connectivity index (χ0n) is 22.7. The van der Waals surface area contributed by atoms with Crippen molar-refractivity contribution in [1.82, 2.24) is 0 Å². The first-order valence-electron chi connectivity index (χ1n) is 15.5. The molecule has 0 amide bonds. The van der Waals surface area contributed by atoms with Crippen molar-refractivity contribution in [2.45, 2.75) is 112 Å². The highest BCUT2D eigenvalue weighted by molar-refractivity contribution is 6.64. The van der Waals surface area contributed by atoms with Crippen molar-refractivity contribution < 1.29 is 0 Å². The van der Waals surface area contributed by atoms with Crippen LogP contribution in [0, 0.1) is 0 Å². The van der Waals surface area contributed by atoms with E-state index in [1.807, 2.05) is 0 Å². The van der Waals surface area contributed by atoms with E-state index in [9.17, 15) is 0 Å². The van der Waals surface area contributed by atoms with Crippen molar-refractivity contribution in [3.8, 4) is 0 Å². The molecule has 0 aromatic heterocycles. The Bertz CT molecular complexity index is 936. The molecule has 0 heterocycles. The van der Waals surface area contributed by atoms with Gasteiger partial charge in [0.1, 0.15) is 0 Å². The Hall–Kier alpha value is -2.28. The summed E-state index contributed by atoms with van der Waals surface area (Å²) in [6.07, 6.45) is 16.9. The Kier molecular flexibility index (Phi) is 8.16.